The highest BCUT2D eigenvalue weighted by atomic mass is 19.1. The van der Waals surface area contributed by atoms with Crippen LogP contribution in [0.4, 0.5) is 10.1 Å². The fourth-order valence-corrected chi connectivity index (χ4v) is 1.66. The van der Waals surface area contributed by atoms with Crippen molar-refractivity contribution in [1.29, 1.82) is 0 Å². The Bertz CT molecular complexity index is 611. The van der Waals surface area contributed by atoms with Crippen molar-refractivity contribution in [2.75, 3.05) is 12.8 Å². The number of hydrogen-bond acceptors (Lipinski definition) is 4. The summed E-state index contributed by atoms with van der Waals surface area (Å²) in [5.41, 5.74) is 6.12. The van der Waals surface area contributed by atoms with E-state index in [0.29, 0.717) is 0 Å². The van der Waals surface area contributed by atoms with Crippen LogP contribution in [0.2, 0.25) is 0 Å². The van der Waals surface area contributed by atoms with Gasteiger partial charge in [-0.3, -0.25) is 0 Å². The Hall–Kier alpha value is -2.56. The molecule has 0 heterocycles. The summed E-state index contributed by atoms with van der Waals surface area (Å²) in [5.74, 6) is -0.573. The van der Waals surface area contributed by atoms with Crippen molar-refractivity contribution in [1.82, 2.24) is 0 Å². The zero-order valence-corrected chi connectivity index (χ0v) is 10.9. The molecule has 0 aliphatic heterocycles. The second-order valence-electron chi connectivity index (χ2n) is 4.13. The number of carbonyl (C=O) groups excluding carboxylic acids is 1. The molecule has 2 aromatic carbocycles. The lowest BCUT2D eigenvalue weighted by atomic mass is 10.2. The summed E-state index contributed by atoms with van der Waals surface area (Å²) >= 11 is 0. The molecule has 0 unspecified atom stereocenters. The first kappa shape index (κ1) is 13.9. The van der Waals surface area contributed by atoms with E-state index in [9.17, 15) is 9.18 Å². The van der Waals surface area contributed by atoms with Crippen LogP contribution in [0, 0.1) is 5.82 Å². The van der Waals surface area contributed by atoms with Crippen LogP contribution in [0.3, 0.4) is 0 Å². The van der Waals surface area contributed by atoms with E-state index in [-0.39, 0.29) is 17.9 Å². The summed E-state index contributed by atoms with van der Waals surface area (Å²) < 4.78 is 23.4. The Balaban J connectivity index is 2.02. The molecule has 0 bridgehead atoms. The lowest BCUT2D eigenvalue weighted by molar-refractivity contribution is 0.0473. The first-order valence-corrected chi connectivity index (χ1v) is 5.96. The maximum Gasteiger partial charge on any atom is 0.340 e. The number of para-hydroxylation sites is 1. The fourth-order valence-electron chi connectivity index (χ4n) is 1.66. The van der Waals surface area contributed by atoms with Crippen LogP contribution >= 0.6 is 0 Å². The summed E-state index contributed by atoms with van der Waals surface area (Å²) in [6.45, 7) is 0.0821. The molecule has 0 atom stereocenters. The minimum Gasteiger partial charge on any atom is -0.497 e. The minimum atomic E-state index is -0.655. The molecule has 0 fully saturated rings. The zero-order valence-electron chi connectivity index (χ0n) is 10.9. The van der Waals surface area contributed by atoms with Crippen molar-refractivity contribution in [2.24, 2.45) is 0 Å². The number of methoxy groups -OCH3 is 1. The molecule has 0 radical (unpaired) electrons. The summed E-state index contributed by atoms with van der Waals surface area (Å²) in [5, 5.41) is 0. The zero-order chi connectivity index (χ0) is 14.5. The Morgan fingerprint density at radius 2 is 1.90 bits per heavy atom. The molecule has 0 amide bonds. The molecule has 0 aliphatic carbocycles. The number of anilines is 1. The number of halogens is 1. The minimum absolute atomic E-state index is 0.0264. The molecule has 20 heavy (non-hydrogen) atoms. The number of nitrogen functional groups attached to an aromatic ring is 1. The average Bonchev–Trinajstić information content (AvgIpc) is 2.48. The van der Waals surface area contributed by atoms with Gasteiger partial charge in [-0.05, 0) is 29.8 Å². The van der Waals surface area contributed by atoms with Crippen LogP contribution in [0.15, 0.2) is 42.5 Å². The van der Waals surface area contributed by atoms with Crippen molar-refractivity contribution in [2.45, 2.75) is 6.61 Å². The Kier molecular flexibility index (Phi) is 4.20. The quantitative estimate of drug-likeness (QED) is 0.688. The number of carbonyl (C=O) groups is 1. The monoisotopic (exact) mass is 275 g/mol. The van der Waals surface area contributed by atoms with E-state index in [1.807, 2.05) is 0 Å². The summed E-state index contributed by atoms with van der Waals surface area (Å²) in [7, 11) is 1.57. The Morgan fingerprint density at radius 1 is 1.20 bits per heavy atom. The van der Waals surface area contributed by atoms with E-state index in [2.05, 4.69) is 0 Å². The highest BCUT2D eigenvalue weighted by Gasteiger charge is 2.13. The Labute approximate surface area is 115 Å². The maximum atomic E-state index is 13.2. The SMILES string of the molecule is COc1ccc(COC(=O)c2cccc(F)c2N)cc1. The van der Waals surface area contributed by atoms with E-state index < -0.39 is 11.8 Å². The average molecular weight is 275 g/mol. The molecule has 2 N–H and O–H groups in total. The fraction of sp³-hybridized carbons (Fsp3) is 0.133. The van der Waals surface area contributed by atoms with Gasteiger partial charge in [0.15, 0.2) is 0 Å². The van der Waals surface area contributed by atoms with Gasteiger partial charge in [-0.2, -0.15) is 0 Å². The first-order valence-electron chi connectivity index (χ1n) is 5.96. The third-order valence-corrected chi connectivity index (χ3v) is 2.80. The van der Waals surface area contributed by atoms with E-state index in [1.165, 1.54) is 18.2 Å². The van der Waals surface area contributed by atoms with Crippen LogP contribution < -0.4 is 10.5 Å². The maximum absolute atomic E-state index is 13.2. The van der Waals surface area contributed by atoms with Crippen molar-refractivity contribution in [3.05, 3.63) is 59.4 Å². The number of hydrogen-bond donors (Lipinski definition) is 1. The van der Waals surface area contributed by atoms with Crippen molar-refractivity contribution >= 4 is 11.7 Å². The second kappa shape index (κ2) is 6.06. The topological polar surface area (TPSA) is 61.5 Å². The smallest absolute Gasteiger partial charge is 0.340 e. The van der Waals surface area contributed by atoms with Gasteiger partial charge < -0.3 is 15.2 Å². The molecular formula is C15H14FNO3. The number of benzene rings is 2. The van der Waals surface area contributed by atoms with Crippen LogP contribution in [0.25, 0.3) is 0 Å². The largest absolute Gasteiger partial charge is 0.497 e. The second-order valence-corrected chi connectivity index (χ2v) is 4.13. The lowest BCUT2D eigenvalue weighted by Crippen LogP contribution is -2.09. The highest BCUT2D eigenvalue weighted by molar-refractivity contribution is 5.95. The number of ether oxygens (including phenoxy) is 2. The van der Waals surface area contributed by atoms with Crippen LogP contribution in [-0.2, 0) is 11.3 Å². The van der Waals surface area contributed by atoms with Crippen molar-refractivity contribution in [3.8, 4) is 5.75 Å². The molecule has 5 heteroatoms. The number of nitrogens with two attached hydrogens (primary N) is 1. The lowest BCUT2D eigenvalue weighted by Gasteiger charge is -2.08. The third-order valence-electron chi connectivity index (χ3n) is 2.80. The number of esters is 1. The van der Waals surface area contributed by atoms with Gasteiger partial charge in [-0.15, -0.1) is 0 Å². The molecule has 2 aromatic rings. The van der Waals surface area contributed by atoms with Crippen molar-refractivity contribution < 1.29 is 18.7 Å². The molecule has 104 valence electrons. The first-order chi connectivity index (χ1) is 9.61. The van der Waals surface area contributed by atoms with Gasteiger partial charge >= 0.3 is 5.97 Å². The normalized spacial score (nSPS) is 10.1. The standard InChI is InChI=1S/C15H14FNO3/c1-19-11-7-5-10(6-8-11)9-20-15(18)12-3-2-4-13(16)14(12)17/h2-8H,9,17H2,1H3. The third kappa shape index (κ3) is 3.06. The van der Waals surface area contributed by atoms with Crippen LogP contribution in [-0.4, -0.2) is 13.1 Å². The van der Waals surface area contributed by atoms with Gasteiger partial charge in [-0.25, -0.2) is 9.18 Å². The number of rotatable bonds is 4. The molecule has 0 aromatic heterocycles. The van der Waals surface area contributed by atoms with E-state index in [1.54, 1.807) is 31.4 Å². The molecular weight excluding hydrogens is 261 g/mol. The van der Waals surface area contributed by atoms with Crippen LogP contribution in [0.1, 0.15) is 15.9 Å². The van der Waals surface area contributed by atoms with Crippen molar-refractivity contribution in [3.63, 3.8) is 0 Å². The molecule has 0 aliphatic rings. The van der Waals surface area contributed by atoms with E-state index in [4.69, 9.17) is 15.2 Å². The predicted octanol–water partition coefficient (Wildman–Crippen LogP) is 2.77. The van der Waals surface area contributed by atoms with Gasteiger partial charge in [0.05, 0.1) is 18.4 Å². The van der Waals surface area contributed by atoms with Gasteiger partial charge in [0, 0.05) is 0 Å². The summed E-state index contributed by atoms with van der Waals surface area (Å²) in [6, 6.07) is 11.1. The molecule has 4 nitrogen and oxygen atoms in total. The highest BCUT2D eigenvalue weighted by Crippen LogP contribution is 2.18. The van der Waals surface area contributed by atoms with Crippen LogP contribution in [0.5, 0.6) is 5.75 Å². The van der Waals surface area contributed by atoms with E-state index in [0.717, 1.165) is 11.3 Å². The van der Waals surface area contributed by atoms with Gasteiger partial charge in [0.1, 0.15) is 18.2 Å². The molecule has 2 rings (SSSR count). The van der Waals surface area contributed by atoms with Gasteiger partial charge in [0.25, 0.3) is 0 Å². The molecule has 0 spiro atoms. The van der Waals surface area contributed by atoms with E-state index >= 15 is 0 Å². The van der Waals surface area contributed by atoms with Gasteiger partial charge in [0.2, 0.25) is 0 Å². The summed E-state index contributed by atoms with van der Waals surface area (Å²) in [4.78, 5) is 11.8. The summed E-state index contributed by atoms with van der Waals surface area (Å²) in [6.07, 6.45) is 0. The molecule has 0 saturated heterocycles. The molecule has 0 saturated carbocycles. The Morgan fingerprint density at radius 3 is 2.55 bits per heavy atom. The van der Waals surface area contributed by atoms with Gasteiger partial charge in [-0.1, -0.05) is 18.2 Å². The predicted molar refractivity (Wildman–Crippen MR) is 72.9 cm³/mol.